The molecular weight excluding hydrogens is 516 g/mol. The van der Waals surface area contributed by atoms with Crippen LogP contribution in [0.2, 0.25) is 0 Å². The molecule has 0 aliphatic rings. The average molecular weight is 523 g/mol. The Morgan fingerprint density at radius 1 is 1.16 bits per heavy atom. The highest BCUT2D eigenvalue weighted by atomic mass is 79.9. The maximum absolute atomic E-state index is 14.1. The molecule has 0 aliphatic carbocycles. The largest absolute Gasteiger partial charge is 0.458 e. The minimum atomic E-state index is -6.08. The molecule has 0 saturated heterocycles. The third-order valence-electron chi connectivity index (χ3n) is 3.65. The smallest absolute Gasteiger partial charge is 0.433 e. The summed E-state index contributed by atoms with van der Waals surface area (Å²) in [6, 6.07) is 2.54. The van der Waals surface area contributed by atoms with Crippen molar-refractivity contribution in [3.63, 3.8) is 0 Å². The van der Waals surface area contributed by atoms with Crippen molar-refractivity contribution in [1.29, 1.82) is 0 Å². The second-order valence-electron chi connectivity index (χ2n) is 5.63. The van der Waals surface area contributed by atoms with Crippen molar-refractivity contribution in [2.45, 2.75) is 18.7 Å². The molecule has 0 atom stereocenters. The Morgan fingerprint density at radius 2 is 1.77 bits per heavy atom. The highest BCUT2D eigenvalue weighted by Crippen LogP contribution is 2.47. The lowest BCUT2D eigenvalue weighted by molar-refractivity contribution is -0.387. The van der Waals surface area contributed by atoms with Crippen molar-refractivity contribution in [3.8, 4) is 5.75 Å². The molecular formula is C16H7BrF8N2O4. The normalized spacial score (nSPS) is 12.1. The molecule has 2 aromatic rings. The zero-order valence-electron chi connectivity index (χ0n) is 14.4. The first-order valence-corrected chi connectivity index (χ1v) is 8.43. The van der Waals surface area contributed by atoms with Gasteiger partial charge in [-0.25, -0.2) is 0 Å². The fraction of sp³-hybridized carbons (Fsp3) is 0.188. The molecule has 0 aliphatic heterocycles. The van der Waals surface area contributed by atoms with Crippen LogP contribution in [0.15, 0.2) is 34.8 Å². The Bertz CT molecular complexity index is 1030. The van der Waals surface area contributed by atoms with Gasteiger partial charge in [-0.1, -0.05) is 6.07 Å². The summed E-state index contributed by atoms with van der Waals surface area (Å²) >= 11 is 2.56. The van der Waals surface area contributed by atoms with E-state index in [4.69, 9.17) is 0 Å². The van der Waals surface area contributed by atoms with E-state index >= 15 is 0 Å². The molecule has 0 bridgehead atoms. The molecule has 0 saturated carbocycles. The summed E-state index contributed by atoms with van der Waals surface area (Å²) in [4.78, 5) is 21.9. The maximum atomic E-state index is 14.1. The lowest BCUT2D eigenvalue weighted by Gasteiger charge is -2.22. The molecule has 15 heteroatoms. The van der Waals surface area contributed by atoms with Crippen LogP contribution in [-0.2, 0) is 5.92 Å². The van der Waals surface area contributed by atoms with Gasteiger partial charge in [-0.2, -0.15) is 35.1 Å². The number of benzene rings is 2. The highest BCUT2D eigenvalue weighted by Gasteiger charge is 2.59. The van der Waals surface area contributed by atoms with Crippen LogP contribution < -0.4 is 10.1 Å². The highest BCUT2D eigenvalue weighted by molar-refractivity contribution is 9.10. The van der Waals surface area contributed by atoms with Crippen molar-refractivity contribution in [2.24, 2.45) is 0 Å². The Kier molecular flexibility index (Phi) is 6.78. The zero-order chi connectivity index (χ0) is 23.7. The maximum Gasteiger partial charge on any atom is 0.458 e. The Balaban J connectivity index is 2.55. The number of anilines is 1. The summed E-state index contributed by atoms with van der Waals surface area (Å²) in [7, 11) is 0. The second kappa shape index (κ2) is 8.64. The van der Waals surface area contributed by atoms with Gasteiger partial charge >= 0.3 is 24.4 Å². The van der Waals surface area contributed by atoms with Gasteiger partial charge in [0.15, 0.2) is 5.75 Å². The minimum Gasteiger partial charge on any atom is -0.433 e. The molecule has 2 aromatic carbocycles. The van der Waals surface area contributed by atoms with Crippen LogP contribution in [-0.4, -0.2) is 23.6 Å². The standard InChI is InChI=1S/C16H7BrF8N2O4/c17-8-4-6(15(21,22)16(23,24)25)5-10(31-14(19)20)12(8)26-13(28)7-2-1-3-9(11(7)18)27(29)30/h1-5,14H,(H,26,28). The van der Waals surface area contributed by atoms with E-state index in [2.05, 4.69) is 20.7 Å². The van der Waals surface area contributed by atoms with E-state index in [1.54, 1.807) is 5.32 Å². The number of amides is 1. The number of nitro benzene ring substituents is 1. The molecule has 0 fully saturated rings. The first kappa shape index (κ1) is 24.3. The monoisotopic (exact) mass is 522 g/mol. The molecule has 0 unspecified atom stereocenters. The third-order valence-corrected chi connectivity index (χ3v) is 4.27. The molecule has 168 valence electrons. The number of nitrogens with one attached hydrogen (secondary N) is 1. The molecule has 2 rings (SSSR count). The van der Waals surface area contributed by atoms with Crippen LogP contribution >= 0.6 is 15.9 Å². The van der Waals surface area contributed by atoms with Gasteiger partial charge < -0.3 is 10.1 Å². The summed E-state index contributed by atoms with van der Waals surface area (Å²) in [5.74, 6) is -9.83. The number of carbonyl (C=O) groups excluding carboxylic acids is 1. The van der Waals surface area contributed by atoms with Crippen LogP contribution in [0.5, 0.6) is 5.75 Å². The number of hydrogen-bond donors (Lipinski definition) is 1. The van der Waals surface area contributed by atoms with Crippen molar-refractivity contribution in [2.75, 3.05) is 5.32 Å². The number of ether oxygens (including phenoxy) is 1. The molecule has 0 aromatic heterocycles. The van der Waals surface area contributed by atoms with Crippen LogP contribution in [0, 0.1) is 15.9 Å². The lowest BCUT2D eigenvalue weighted by Crippen LogP contribution is -2.33. The first-order chi connectivity index (χ1) is 14.2. The predicted molar refractivity (Wildman–Crippen MR) is 91.7 cm³/mol. The number of carbonyl (C=O) groups is 1. The molecule has 0 heterocycles. The number of hydrogen-bond acceptors (Lipinski definition) is 4. The van der Waals surface area contributed by atoms with Crippen molar-refractivity contribution in [3.05, 3.63) is 61.9 Å². The van der Waals surface area contributed by atoms with E-state index in [1.807, 2.05) is 0 Å². The molecule has 31 heavy (non-hydrogen) atoms. The first-order valence-electron chi connectivity index (χ1n) is 7.64. The van der Waals surface area contributed by atoms with Gasteiger partial charge in [0, 0.05) is 16.1 Å². The van der Waals surface area contributed by atoms with Gasteiger partial charge in [-0.05, 0) is 34.1 Å². The Morgan fingerprint density at radius 3 is 2.29 bits per heavy atom. The third kappa shape index (κ3) is 5.03. The Hall–Kier alpha value is -2.97. The fourth-order valence-electron chi connectivity index (χ4n) is 2.25. The van der Waals surface area contributed by atoms with E-state index < -0.39 is 68.1 Å². The summed E-state index contributed by atoms with van der Waals surface area (Å²) in [5.41, 5.74) is -4.68. The second-order valence-corrected chi connectivity index (χ2v) is 6.49. The Labute approximate surface area is 175 Å². The average Bonchev–Trinajstić information content (AvgIpc) is 2.62. The predicted octanol–water partition coefficient (Wildman–Crippen LogP) is 6.00. The molecule has 6 nitrogen and oxygen atoms in total. The summed E-state index contributed by atoms with van der Waals surface area (Å²) in [6.07, 6.45) is -6.08. The molecule has 0 spiro atoms. The summed E-state index contributed by atoms with van der Waals surface area (Å²) in [6.45, 7) is -3.70. The van der Waals surface area contributed by atoms with Crippen molar-refractivity contribution >= 4 is 33.2 Å². The van der Waals surface area contributed by atoms with Crippen molar-refractivity contribution < 1.29 is 49.6 Å². The van der Waals surface area contributed by atoms with Crippen LogP contribution in [0.1, 0.15) is 15.9 Å². The number of nitro groups is 1. The van der Waals surface area contributed by atoms with E-state index in [0.717, 1.165) is 18.2 Å². The fourth-order valence-corrected chi connectivity index (χ4v) is 2.79. The number of alkyl halides is 7. The molecule has 1 amide bonds. The zero-order valence-corrected chi connectivity index (χ0v) is 16.0. The van der Waals surface area contributed by atoms with Crippen LogP contribution in [0.3, 0.4) is 0 Å². The van der Waals surface area contributed by atoms with Gasteiger partial charge in [0.05, 0.1) is 16.2 Å². The minimum absolute atomic E-state index is 0.0795. The number of nitrogens with zero attached hydrogens (tertiary/aromatic N) is 1. The molecule has 0 radical (unpaired) electrons. The topological polar surface area (TPSA) is 81.5 Å². The van der Waals surface area contributed by atoms with E-state index in [-0.39, 0.29) is 12.1 Å². The summed E-state index contributed by atoms with van der Waals surface area (Å²) in [5, 5.41) is 12.5. The van der Waals surface area contributed by atoms with E-state index in [0.29, 0.717) is 0 Å². The molecule has 1 N–H and O–H groups in total. The van der Waals surface area contributed by atoms with E-state index in [1.165, 1.54) is 0 Å². The lowest BCUT2D eigenvalue weighted by atomic mass is 10.1. The SMILES string of the molecule is O=C(Nc1c(Br)cc(C(F)(F)C(F)(F)F)cc1OC(F)F)c1cccc([N+](=O)[O-])c1F. The van der Waals surface area contributed by atoms with Gasteiger partial charge in [-0.15, -0.1) is 0 Å². The van der Waals surface area contributed by atoms with Crippen LogP contribution in [0.25, 0.3) is 0 Å². The summed E-state index contributed by atoms with van der Waals surface area (Å²) < 4.78 is 108. The van der Waals surface area contributed by atoms with E-state index in [9.17, 15) is 50.0 Å². The van der Waals surface area contributed by atoms with Gasteiger partial charge in [0.25, 0.3) is 5.91 Å². The number of halogens is 9. The number of rotatable bonds is 6. The van der Waals surface area contributed by atoms with Gasteiger partial charge in [-0.3, -0.25) is 14.9 Å². The van der Waals surface area contributed by atoms with Gasteiger partial charge in [0.1, 0.15) is 0 Å². The van der Waals surface area contributed by atoms with Gasteiger partial charge in [0.2, 0.25) is 5.82 Å². The van der Waals surface area contributed by atoms with Crippen LogP contribution in [0.4, 0.5) is 46.5 Å². The quantitative estimate of drug-likeness (QED) is 0.286. The van der Waals surface area contributed by atoms with Crippen molar-refractivity contribution in [1.82, 2.24) is 0 Å².